The molecule has 0 heterocycles. The zero-order chi connectivity index (χ0) is 19.6. The maximum atomic E-state index is 12.3. The van der Waals surface area contributed by atoms with Gasteiger partial charge in [0.15, 0.2) is 0 Å². The fraction of sp³-hybridized carbons (Fsp3) is 0.300. The first kappa shape index (κ1) is 20.1. The van der Waals surface area contributed by atoms with Crippen molar-refractivity contribution in [2.45, 2.75) is 19.8 Å². The molecule has 0 aromatic heterocycles. The summed E-state index contributed by atoms with van der Waals surface area (Å²) in [5.74, 6) is 0.749. The van der Waals surface area contributed by atoms with Crippen LogP contribution < -0.4 is 25.8 Å². The predicted octanol–water partition coefficient (Wildman–Crippen LogP) is 2.82. The van der Waals surface area contributed by atoms with Crippen LogP contribution in [-0.2, 0) is 4.79 Å². The first-order valence-corrected chi connectivity index (χ1v) is 8.78. The molecule has 0 fully saturated rings. The van der Waals surface area contributed by atoms with Crippen LogP contribution in [0.5, 0.6) is 11.5 Å². The van der Waals surface area contributed by atoms with E-state index in [4.69, 9.17) is 15.2 Å². The van der Waals surface area contributed by atoms with Crippen LogP contribution in [0.2, 0.25) is 0 Å². The Morgan fingerprint density at radius 1 is 1.15 bits per heavy atom. The molecule has 0 saturated heterocycles. The van der Waals surface area contributed by atoms with Crippen molar-refractivity contribution in [1.29, 1.82) is 0 Å². The van der Waals surface area contributed by atoms with Gasteiger partial charge in [-0.3, -0.25) is 9.59 Å². The topological polar surface area (TPSA) is 103 Å². The lowest BCUT2D eigenvalue weighted by Gasteiger charge is -2.11. The molecule has 0 radical (unpaired) electrons. The second-order valence-electron chi connectivity index (χ2n) is 5.79. The Morgan fingerprint density at radius 3 is 2.67 bits per heavy atom. The Balaban J connectivity index is 1.80. The van der Waals surface area contributed by atoms with Gasteiger partial charge in [0.05, 0.1) is 30.7 Å². The van der Waals surface area contributed by atoms with E-state index in [9.17, 15) is 9.59 Å². The molecule has 27 heavy (non-hydrogen) atoms. The molecule has 0 spiro atoms. The predicted molar refractivity (Wildman–Crippen MR) is 105 cm³/mol. The van der Waals surface area contributed by atoms with E-state index < -0.39 is 0 Å². The van der Waals surface area contributed by atoms with Crippen molar-refractivity contribution in [2.24, 2.45) is 0 Å². The summed E-state index contributed by atoms with van der Waals surface area (Å²) < 4.78 is 10.6. The van der Waals surface area contributed by atoms with Crippen LogP contribution in [0.25, 0.3) is 0 Å². The lowest BCUT2D eigenvalue weighted by molar-refractivity contribution is -0.116. The second kappa shape index (κ2) is 10.1. The van der Waals surface area contributed by atoms with E-state index in [1.165, 1.54) is 0 Å². The normalized spacial score (nSPS) is 10.1. The molecule has 2 aromatic rings. The van der Waals surface area contributed by atoms with Crippen LogP contribution in [-0.4, -0.2) is 32.1 Å². The fourth-order valence-electron chi connectivity index (χ4n) is 2.47. The average molecular weight is 371 g/mol. The third-order valence-electron chi connectivity index (χ3n) is 3.83. The second-order valence-corrected chi connectivity index (χ2v) is 5.79. The van der Waals surface area contributed by atoms with E-state index in [-0.39, 0.29) is 18.2 Å². The number of para-hydroxylation sites is 1. The van der Waals surface area contributed by atoms with Crippen molar-refractivity contribution in [1.82, 2.24) is 5.32 Å². The third kappa shape index (κ3) is 5.91. The monoisotopic (exact) mass is 371 g/mol. The smallest absolute Gasteiger partial charge is 0.255 e. The van der Waals surface area contributed by atoms with Gasteiger partial charge in [0.25, 0.3) is 5.91 Å². The van der Waals surface area contributed by atoms with Crippen molar-refractivity contribution < 1.29 is 19.1 Å². The van der Waals surface area contributed by atoms with E-state index in [1.54, 1.807) is 43.5 Å². The number of methoxy groups -OCH3 is 1. The molecule has 144 valence electrons. The number of ether oxygens (including phenoxy) is 2. The zero-order valence-corrected chi connectivity index (χ0v) is 15.6. The molecule has 2 aromatic carbocycles. The minimum Gasteiger partial charge on any atom is -0.497 e. The quantitative estimate of drug-likeness (QED) is 0.465. The maximum absolute atomic E-state index is 12.3. The molecule has 7 heteroatoms. The van der Waals surface area contributed by atoms with E-state index in [0.29, 0.717) is 48.0 Å². The Kier molecular flexibility index (Phi) is 7.49. The number of carbonyl (C=O) groups excluding carboxylic acids is 2. The number of benzene rings is 2. The van der Waals surface area contributed by atoms with Gasteiger partial charge in [-0.15, -0.1) is 0 Å². The number of nitrogens with one attached hydrogen (secondary N) is 2. The van der Waals surface area contributed by atoms with Gasteiger partial charge in [-0.1, -0.05) is 12.1 Å². The van der Waals surface area contributed by atoms with Crippen molar-refractivity contribution >= 4 is 23.2 Å². The Morgan fingerprint density at radius 2 is 1.93 bits per heavy atom. The Hall–Kier alpha value is -3.22. The van der Waals surface area contributed by atoms with Gasteiger partial charge in [-0.2, -0.15) is 0 Å². The summed E-state index contributed by atoms with van der Waals surface area (Å²) in [6.45, 7) is 2.72. The first-order valence-electron chi connectivity index (χ1n) is 8.78. The standard InChI is InChI=1S/C20H25N3O4/c1-3-27-18-8-5-4-7-15(18)20(25)22-12-6-9-19(24)23-17-13-14(26-2)10-11-16(17)21/h4-5,7-8,10-11,13H,3,6,9,12,21H2,1-2H3,(H,22,25)(H,23,24). The number of nitrogens with two attached hydrogens (primary N) is 1. The van der Waals surface area contributed by atoms with E-state index in [0.717, 1.165) is 0 Å². The zero-order valence-electron chi connectivity index (χ0n) is 15.6. The maximum Gasteiger partial charge on any atom is 0.255 e. The van der Waals surface area contributed by atoms with Crippen LogP contribution >= 0.6 is 0 Å². The summed E-state index contributed by atoms with van der Waals surface area (Å²) in [7, 11) is 1.55. The Labute approximate surface area is 158 Å². The molecule has 4 N–H and O–H groups in total. The third-order valence-corrected chi connectivity index (χ3v) is 3.83. The summed E-state index contributed by atoms with van der Waals surface area (Å²) in [5.41, 5.74) is 7.30. The molecular weight excluding hydrogens is 346 g/mol. The number of anilines is 2. The number of hydrogen-bond donors (Lipinski definition) is 3. The molecule has 2 rings (SSSR count). The molecule has 0 atom stereocenters. The molecule has 0 bridgehead atoms. The van der Waals surface area contributed by atoms with Crippen LogP contribution in [0.1, 0.15) is 30.1 Å². The number of rotatable bonds is 9. The summed E-state index contributed by atoms with van der Waals surface area (Å²) in [4.78, 5) is 24.3. The minimum atomic E-state index is -0.225. The van der Waals surface area contributed by atoms with Gasteiger partial charge in [0, 0.05) is 19.0 Å². The molecule has 0 unspecified atom stereocenters. The highest BCUT2D eigenvalue weighted by molar-refractivity contribution is 5.97. The van der Waals surface area contributed by atoms with Crippen molar-refractivity contribution in [3.05, 3.63) is 48.0 Å². The van der Waals surface area contributed by atoms with Crippen LogP contribution in [0.4, 0.5) is 11.4 Å². The van der Waals surface area contributed by atoms with Crippen LogP contribution in [0, 0.1) is 0 Å². The molecular formula is C20H25N3O4. The molecule has 0 aliphatic rings. The van der Waals surface area contributed by atoms with E-state index >= 15 is 0 Å². The SMILES string of the molecule is CCOc1ccccc1C(=O)NCCCC(=O)Nc1cc(OC)ccc1N. The molecule has 0 aliphatic heterocycles. The molecule has 2 amide bonds. The number of amides is 2. The van der Waals surface area contributed by atoms with Crippen molar-refractivity contribution in [2.75, 3.05) is 31.3 Å². The largest absolute Gasteiger partial charge is 0.497 e. The average Bonchev–Trinajstić information content (AvgIpc) is 2.67. The van der Waals surface area contributed by atoms with Gasteiger partial charge in [0.2, 0.25) is 5.91 Å². The van der Waals surface area contributed by atoms with Crippen molar-refractivity contribution in [3.8, 4) is 11.5 Å². The summed E-state index contributed by atoms with van der Waals surface area (Å²) >= 11 is 0. The molecule has 7 nitrogen and oxygen atoms in total. The van der Waals surface area contributed by atoms with Gasteiger partial charge < -0.3 is 25.8 Å². The lowest BCUT2D eigenvalue weighted by Crippen LogP contribution is -2.26. The fourth-order valence-corrected chi connectivity index (χ4v) is 2.47. The van der Waals surface area contributed by atoms with Gasteiger partial charge in [0.1, 0.15) is 11.5 Å². The first-order chi connectivity index (χ1) is 13.0. The highest BCUT2D eigenvalue weighted by Crippen LogP contribution is 2.24. The number of nitrogen functional groups attached to an aromatic ring is 1. The number of hydrogen-bond acceptors (Lipinski definition) is 5. The highest BCUT2D eigenvalue weighted by atomic mass is 16.5. The van der Waals surface area contributed by atoms with Crippen molar-refractivity contribution in [3.63, 3.8) is 0 Å². The summed E-state index contributed by atoms with van der Waals surface area (Å²) in [6, 6.07) is 12.1. The highest BCUT2D eigenvalue weighted by Gasteiger charge is 2.12. The van der Waals surface area contributed by atoms with Gasteiger partial charge in [-0.25, -0.2) is 0 Å². The molecule has 0 saturated carbocycles. The summed E-state index contributed by atoms with van der Waals surface area (Å²) in [6.07, 6.45) is 0.752. The van der Waals surface area contributed by atoms with E-state index in [1.807, 2.05) is 13.0 Å². The van der Waals surface area contributed by atoms with Gasteiger partial charge >= 0.3 is 0 Å². The van der Waals surface area contributed by atoms with Crippen LogP contribution in [0.15, 0.2) is 42.5 Å². The molecule has 0 aliphatic carbocycles. The Bertz CT molecular complexity index is 793. The lowest BCUT2D eigenvalue weighted by atomic mass is 10.2. The van der Waals surface area contributed by atoms with Crippen LogP contribution in [0.3, 0.4) is 0 Å². The van der Waals surface area contributed by atoms with E-state index in [2.05, 4.69) is 10.6 Å². The minimum absolute atomic E-state index is 0.182. The van der Waals surface area contributed by atoms with Gasteiger partial charge in [-0.05, 0) is 37.6 Å². The summed E-state index contributed by atoms with van der Waals surface area (Å²) in [5, 5.41) is 5.56. The number of carbonyl (C=O) groups is 2.